The summed E-state index contributed by atoms with van der Waals surface area (Å²) in [6, 6.07) is 21.1. The average molecular weight is 724 g/mol. The number of phosphoric acid groups is 3. The molecule has 1 fully saturated rings. The maximum Gasteiger partial charge on any atom is 0.351 e. The molecule has 1 aliphatic rings. The fourth-order valence-corrected chi connectivity index (χ4v) is 7.87. The van der Waals surface area contributed by atoms with Gasteiger partial charge in [0.1, 0.15) is 24.1 Å². The van der Waals surface area contributed by atoms with E-state index in [0.717, 1.165) is 21.5 Å². The number of phosphoric ester groups is 2. The number of aliphatic hydroxyl groups is 2. The first-order valence-corrected chi connectivity index (χ1v) is 18.1. The van der Waals surface area contributed by atoms with Crippen LogP contribution in [-0.2, 0) is 42.7 Å². The molecule has 1 aromatic heterocycles. The number of aromatic nitrogens is 2. The number of aliphatic hydroxyl groups excluding tert-OH is 2. The molecule has 256 valence electrons. The quantitative estimate of drug-likeness (QED) is 0.162. The van der Waals surface area contributed by atoms with E-state index in [4.69, 9.17) is 4.74 Å². The van der Waals surface area contributed by atoms with E-state index in [9.17, 15) is 48.2 Å². The lowest BCUT2D eigenvalue weighted by Crippen LogP contribution is -2.36. The zero-order valence-corrected chi connectivity index (χ0v) is 26.9. The summed E-state index contributed by atoms with van der Waals surface area (Å²) in [5, 5.41) is 24.8. The topological polar surface area (TPSA) is 271 Å². The molecule has 0 saturated carbocycles. The van der Waals surface area contributed by atoms with Gasteiger partial charge in [0, 0.05) is 11.8 Å². The summed E-state index contributed by atoms with van der Waals surface area (Å²) in [5.74, 6) is -0.706. The van der Waals surface area contributed by atoms with Crippen molar-refractivity contribution in [3.63, 3.8) is 0 Å². The van der Waals surface area contributed by atoms with Crippen molar-refractivity contribution in [2.45, 2.75) is 31.1 Å². The number of hydrogen-bond donors (Lipinski definition) is 3. The van der Waals surface area contributed by atoms with E-state index in [2.05, 4.69) is 28.0 Å². The van der Waals surface area contributed by atoms with Crippen molar-refractivity contribution in [2.75, 3.05) is 11.9 Å². The molecule has 0 bridgehead atoms. The van der Waals surface area contributed by atoms with Gasteiger partial charge in [-0.2, -0.15) is 4.98 Å². The van der Waals surface area contributed by atoms with Gasteiger partial charge in [0.15, 0.2) is 6.23 Å². The maximum atomic E-state index is 12.6. The Hall–Kier alpha value is -3.44. The van der Waals surface area contributed by atoms with Crippen molar-refractivity contribution in [3.8, 4) is 0 Å². The molecule has 5 rings (SSSR count). The molecule has 3 aromatic carbocycles. The molecule has 18 nitrogen and oxygen atoms in total. The SMILES string of the molecule is O=C(Nc1ccn([C@@H]2O[C@H](COP(=O)([O-])OP(=O)([O-])OP(=O)([O-])OCc3ccc4ccccc4c3)C(O)[C@@H]2O)c(=O)n1)c1ccccc1. The molecule has 48 heavy (non-hydrogen) atoms. The van der Waals surface area contributed by atoms with E-state index in [1.165, 1.54) is 24.3 Å². The van der Waals surface area contributed by atoms with Crippen LogP contribution in [0.5, 0.6) is 0 Å². The Balaban J connectivity index is 1.14. The van der Waals surface area contributed by atoms with Crippen molar-refractivity contribution in [1.29, 1.82) is 0 Å². The van der Waals surface area contributed by atoms with Crippen LogP contribution in [0.15, 0.2) is 89.9 Å². The Morgan fingerprint density at radius 1 is 0.854 bits per heavy atom. The minimum Gasteiger partial charge on any atom is -0.756 e. The second-order valence-electron chi connectivity index (χ2n) is 10.1. The summed E-state index contributed by atoms with van der Waals surface area (Å²) in [6.07, 6.45) is -5.94. The van der Waals surface area contributed by atoms with Gasteiger partial charge in [-0.3, -0.25) is 23.1 Å². The number of hydrogen-bond acceptors (Lipinski definition) is 16. The zero-order valence-electron chi connectivity index (χ0n) is 24.2. The number of fused-ring (bicyclic) bond motifs is 1. The molecule has 1 amide bonds. The second kappa shape index (κ2) is 14.6. The Labute approximate surface area is 270 Å². The molecular formula is C27H25N3O15P3-3. The van der Waals surface area contributed by atoms with E-state index in [0.29, 0.717) is 5.56 Å². The highest BCUT2D eigenvalue weighted by Crippen LogP contribution is 2.63. The number of anilines is 1. The van der Waals surface area contributed by atoms with Gasteiger partial charge in [-0.25, -0.2) is 13.4 Å². The van der Waals surface area contributed by atoms with Crippen molar-refractivity contribution in [1.82, 2.24) is 9.55 Å². The molecule has 1 saturated heterocycles. The second-order valence-corrected chi connectivity index (χ2v) is 14.6. The molecule has 7 atom stereocenters. The standard InChI is InChI=1S/C27H28N3O15P3/c31-23-21(43-26(24(23)32)30-13-12-22(29-27(30)34)28-25(33)19-7-2-1-3-8-19)16-42-47(37,38)45-48(39,40)44-46(35,36)41-15-17-10-11-18-6-4-5-9-20(18)14-17/h1-14,21,23-24,26,31-32H,15-16H2,(H,35,36)(H,37,38)(H,39,40)(H,28,29,33,34)/p-3/t21-,23?,24+,26-/m1/s1. The monoisotopic (exact) mass is 724 g/mol. The summed E-state index contributed by atoms with van der Waals surface area (Å²) in [5.41, 5.74) is -0.422. The predicted octanol–water partition coefficient (Wildman–Crippen LogP) is 0.940. The number of nitrogens with zero attached hydrogens (tertiary/aromatic N) is 2. The van der Waals surface area contributed by atoms with Gasteiger partial charge in [-0.05, 0) is 40.6 Å². The molecule has 4 aromatic rings. The number of carbonyl (C=O) groups is 1. The Morgan fingerprint density at radius 2 is 1.50 bits per heavy atom. The van der Waals surface area contributed by atoms with Crippen molar-refractivity contribution >= 4 is 46.0 Å². The number of carbonyl (C=O) groups excluding carboxylic acids is 1. The number of ether oxygens (including phenoxy) is 1. The van der Waals surface area contributed by atoms with Crippen LogP contribution in [0.25, 0.3) is 10.8 Å². The molecule has 4 unspecified atom stereocenters. The van der Waals surface area contributed by atoms with Crippen LogP contribution in [0, 0.1) is 0 Å². The molecule has 2 heterocycles. The first-order valence-electron chi connectivity index (χ1n) is 13.7. The smallest absolute Gasteiger partial charge is 0.351 e. The van der Waals surface area contributed by atoms with Gasteiger partial charge in [0.2, 0.25) is 0 Å². The van der Waals surface area contributed by atoms with E-state index in [1.807, 2.05) is 6.07 Å². The number of rotatable bonds is 13. The molecule has 21 heteroatoms. The molecule has 0 spiro atoms. The average Bonchev–Trinajstić information content (AvgIpc) is 3.31. The third kappa shape index (κ3) is 9.16. The molecule has 3 N–H and O–H groups in total. The first-order chi connectivity index (χ1) is 22.6. The summed E-state index contributed by atoms with van der Waals surface area (Å²) in [6.45, 7) is -1.81. The highest BCUT2D eigenvalue weighted by atomic mass is 31.3. The van der Waals surface area contributed by atoms with Crippen LogP contribution >= 0.6 is 23.5 Å². The molecular weight excluding hydrogens is 699 g/mol. The summed E-state index contributed by atoms with van der Waals surface area (Å²) < 4.78 is 59.1. The minimum absolute atomic E-state index is 0.145. The summed E-state index contributed by atoms with van der Waals surface area (Å²) >= 11 is 0. The van der Waals surface area contributed by atoms with E-state index < -0.39 is 72.8 Å². The number of benzene rings is 3. The van der Waals surface area contributed by atoms with Gasteiger partial charge in [0.25, 0.3) is 29.4 Å². The van der Waals surface area contributed by atoms with Crippen molar-refractivity contribution < 1.29 is 65.8 Å². The number of amides is 1. The van der Waals surface area contributed by atoms with E-state index >= 15 is 0 Å². The lowest BCUT2D eigenvalue weighted by atomic mass is 10.1. The van der Waals surface area contributed by atoms with Crippen LogP contribution in [0.2, 0.25) is 0 Å². The summed E-state index contributed by atoms with van der Waals surface area (Å²) in [7, 11) is -17.8. The zero-order chi connectivity index (χ0) is 34.7. The molecule has 0 radical (unpaired) electrons. The van der Waals surface area contributed by atoms with E-state index in [1.54, 1.807) is 48.5 Å². The van der Waals surface area contributed by atoms with Gasteiger partial charge in [-0.1, -0.05) is 54.6 Å². The van der Waals surface area contributed by atoms with Crippen LogP contribution in [0.3, 0.4) is 0 Å². The van der Waals surface area contributed by atoms with Gasteiger partial charge < -0.3 is 44.0 Å². The Morgan fingerprint density at radius 3 is 2.19 bits per heavy atom. The third-order valence-electron chi connectivity index (χ3n) is 6.72. The van der Waals surface area contributed by atoms with Crippen molar-refractivity contribution in [3.05, 3.63) is 107 Å². The molecule has 1 aliphatic heterocycles. The Kier molecular flexibility index (Phi) is 10.9. The van der Waals surface area contributed by atoms with Gasteiger partial charge in [0.05, 0.1) is 13.2 Å². The largest absolute Gasteiger partial charge is 0.756 e. The fraction of sp³-hybridized carbons (Fsp3) is 0.222. The highest BCUT2D eigenvalue weighted by molar-refractivity contribution is 7.65. The van der Waals surface area contributed by atoms with Crippen LogP contribution in [0.4, 0.5) is 5.82 Å². The minimum atomic E-state index is -6.17. The van der Waals surface area contributed by atoms with Gasteiger partial charge >= 0.3 is 5.69 Å². The third-order valence-corrected chi connectivity index (χ3v) is 10.8. The van der Waals surface area contributed by atoms with Gasteiger partial charge in [-0.15, -0.1) is 0 Å². The maximum absolute atomic E-state index is 12.6. The lowest BCUT2D eigenvalue weighted by molar-refractivity contribution is -0.252. The summed E-state index contributed by atoms with van der Waals surface area (Å²) in [4.78, 5) is 65.0. The predicted molar refractivity (Wildman–Crippen MR) is 158 cm³/mol. The highest BCUT2D eigenvalue weighted by Gasteiger charge is 2.45. The Bertz CT molecular complexity index is 2000. The normalized spacial score (nSPS) is 23.2. The van der Waals surface area contributed by atoms with Crippen LogP contribution < -0.4 is 25.7 Å². The van der Waals surface area contributed by atoms with Crippen LogP contribution in [0.1, 0.15) is 22.1 Å². The van der Waals surface area contributed by atoms with E-state index in [-0.39, 0.29) is 11.4 Å². The lowest BCUT2D eigenvalue weighted by Gasteiger charge is -2.34. The molecule has 0 aliphatic carbocycles. The van der Waals surface area contributed by atoms with Crippen LogP contribution in [-0.4, -0.2) is 50.6 Å². The first kappa shape index (κ1) is 35.9. The van der Waals surface area contributed by atoms with Crippen molar-refractivity contribution in [2.24, 2.45) is 0 Å². The fourth-order valence-electron chi connectivity index (χ4n) is 4.50. The number of nitrogens with one attached hydrogen (secondary N) is 1.